The molecule has 1 aromatic heterocycles. The summed E-state index contributed by atoms with van der Waals surface area (Å²) in [7, 11) is 0. The molecule has 3 aromatic rings. The van der Waals surface area contributed by atoms with Crippen molar-refractivity contribution in [3.63, 3.8) is 0 Å². The zero-order valence-electron chi connectivity index (χ0n) is 16.9. The molecule has 2 aromatic carbocycles. The standard InChI is InChI=1S/C24H21FN2O4/c1-2-24(14-13-21(28)27-23(24)30)16-5-9-18(10-6-16)26-22(29)20-12-11-19(31-20)15-3-7-17(25)8-4-15/h3-12H,2,13-14H2,1H3,(H,26,29)(H,27,28,30). The lowest BCUT2D eigenvalue weighted by atomic mass is 9.72. The smallest absolute Gasteiger partial charge is 0.291 e. The molecule has 1 aliphatic heterocycles. The number of anilines is 1. The summed E-state index contributed by atoms with van der Waals surface area (Å²) in [5.74, 6) is -0.726. The summed E-state index contributed by atoms with van der Waals surface area (Å²) >= 11 is 0. The first-order valence-electron chi connectivity index (χ1n) is 10.0. The van der Waals surface area contributed by atoms with E-state index < -0.39 is 11.3 Å². The van der Waals surface area contributed by atoms with Crippen LogP contribution in [-0.2, 0) is 15.0 Å². The third-order valence-corrected chi connectivity index (χ3v) is 5.72. The van der Waals surface area contributed by atoms with Gasteiger partial charge in [-0.2, -0.15) is 0 Å². The van der Waals surface area contributed by atoms with Gasteiger partial charge in [0, 0.05) is 17.7 Å². The van der Waals surface area contributed by atoms with Gasteiger partial charge in [-0.1, -0.05) is 19.1 Å². The zero-order valence-corrected chi connectivity index (χ0v) is 16.9. The molecule has 31 heavy (non-hydrogen) atoms. The fourth-order valence-electron chi connectivity index (χ4n) is 3.86. The van der Waals surface area contributed by atoms with Crippen LogP contribution in [0.3, 0.4) is 0 Å². The first-order valence-corrected chi connectivity index (χ1v) is 10.0. The molecule has 0 aliphatic carbocycles. The van der Waals surface area contributed by atoms with Crippen LogP contribution in [-0.4, -0.2) is 17.7 Å². The van der Waals surface area contributed by atoms with Crippen LogP contribution in [0.5, 0.6) is 0 Å². The van der Waals surface area contributed by atoms with Gasteiger partial charge in [0.05, 0.1) is 5.41 Å². The third kappa shape index (κ3) is 3.99. The highest BCUT2D eigenvalue weighted by atomic mass is 19.1. The van der Waals surface area contributed by atoms with E-state index in [0.29, 0.717) is 36.3 Å². The lowest BCUT2D eigenvalue weighted by molar-refractivity contribution is -0.138. The van der Waals surface area contributed by atoms with Crippen molar-refractivity contribution in [3.8, 4) is 11.3 Å². The lowest BCUT2D eigenvalue weighted by Gasteiger charge is -2.35. The zero-order chi connectivity index (χ0) is 22.0. The highest BCUT2D eigenvalue weighted by Crippen LogP contribution is 2.36. The molecule has 7 heteroatoms. The van der Waals surface area contributed by atoms with Crippen LogP contribution in [0.2, 0.25) is 0 Å². The van der Waals surface area contributed by atoms with E-state index >= 15 is 0 Å². The molecule has 1 saturated heterocycles. The van der Waals surface area contributed by atoms with Crippen LogP contribution in [0.4, 0.5) is 10.1 Å². The number of furan rings is 1. The minimum atomic E-state index is -0.748. The maximum absolute atomic E-state index is 13.1. The van der Waals surface area contributed by atoms with E-state index in [1.54, 1.807) is 48.5 Å². The summed E-state index contributed by atoms with van der Waals surface area (Å²) in [5.41, 5.74) is 1.27. The summed E-state index contributed by atoms with van der Waals surface area (Å²) in [6.07, 6.45) is 1.32. The second-order valence-corrected chi connectivity index (χ2v) is 7.52. The number of hydrogen-bond acceptors (Lipinski definition) is 4. The summed E-state index contributed by atoms with van der Waals surface area (Å²) in [5, 5.41) is 5.19. The minimum absolute atomic E-state index is 0.124. The van der Waals surface area contributed by atoms with E-state index in [1.807, 2.05) is 6.92 Å². The Morgan fingerprint density at radius 3 is 2.42 bits per heavy atom. The molecule has 1 atom stereocenters. The Morgan fingerprint density at radius 2 is 1.77 bits per heavy atom. The molecule has 6 nitrogen and oxygen atoms in total. The van der Waals surface area contributed by atoms with Gasteiger partial charge >= 0.3 is 0 Å². The van der Waals surface area contributed by atoms with E-state index in [1.165, 1.54) is 12.1 Å². The monoisotopic (exact) mass is 420 g/mol. The fraction of sp³-hybridized carbons (Fsp3) is 0.208. The Morgan fingerprint density at radius 1 is 1.06 bits per heavy atom. The Hall–Kier alpha value is -3.74. The Labute approximate surface area is 178 Å². The lowest BCUT2D eigenvalue weighted by Crippen LogP contribution is -2.51. The molecule has 2 N–H and O–H groups in total. The largest absolute Gasteiger partial charge is 0.451 e. The number of imide groups is 1. The number of carbonyl (C=O) groups is 3. The van der Waals surface area contributed by atoms with Gasteiger partial charge in [0.25, 0.3) is 5.91 Å². The van der Waals surface area contributed by atoms with Gasteiger partial charge in [-0.15, -0.1) is 0 Å². The summed E-state index contributed by atoms with van der Waals surface area (Å²) in [4.78, 5) is 36.6. The van der Waals surface area contributed by atoms with Crippen LogP contribution >= 0.6 is 0 Å². The molecule has 1 aliphatic rings. The van der Waals surface area contributed by atoms with E-state index in [2.05, 4.69) is 10.6 Å². The van der Waals surface area contributed by atoms with E-state index in [4.69, 9.17) is 4.42 Å². The molecule has 0 spiro atoms. The maximum atomic E-state index is 13.1. The molecule has 3 amide bonds. The predicted octanol–water partition coefficient (Wildman–Crippen LogP) is 4.42. The number of rotatable bonds is 5. The van der Waals surface area contributed by atoms with Gasteiger partial charge in [0.1, 0.15) is 11.6 Å². The maximum Gasteiger partial charge on any atom is 0.291 e. The molecule has 2 heterocycles. The number of carbonyl (C=O) groups excluding carboxylic acids is 3. The number of benzene rings is 2. The molecule has 0 bridgehead atoms. The normalized spacial score (nSPS) is 18.5. The third-order valence-electron chi connectivity index (χ3n) is 5.72. The highest BCUT2D eigenvalue weighted by molar-refractivity contribution is 6.04. The number of hydrogen-bond donors (Lipinski definition) is 2. The second-order valence-electron chi connectivity index (χ2n) is 7.52. The molecular formula is C24H21FN2O4. The van der Waals surface area contributed by atoms with Crippen LogP contribution in [0.25, 0.3) is 11.3 Å². The van der Waals surface area contributed by atoms with Gasteiger partial charge in [-0.25, -0.2) is 4.39 Å². The van der Waals surface area contributed by atoms with Crippen molar-refractivity contribution in [1.82, 2.24) is 5.32 Å². The predicted molar refractivity (Wildman–Crippen MR) is 113 cm³/mol. The van der Waals surface area contributed by atoms with Crippen molar-refractivity contribution in [1.29, 1.82) is 0 Å². The Balaban J connectivity index is 1.48. The quantitative estimate of drug-likeness (QED) is 0.598. The molecule has 1 fully saturated rings. The highest BCUT2D eigenvalue weighted by Gasteiger charge is 2.42. The summed E-state index contributed by atoms with van der Waals surface area (Å²) in [6.45, 7) is 1.92. The number of nitrogens with one attached hydrogen (secondary N) is 2. The van der Waals surface area contributed by atoms with E-state index in [-0.39, 0.29) is 23.4 Å². The van der Waals surface area contributed by atoms with E-state index in [9.17, 15) is 18.8 Å². The van der Waals surface area contributed by atoms with Crippen LogP contribution in [0, 0.1) is 5.82 Å². The Kier molecular flexibility index (Phi) is 5.42. The molecule has 4 rings (SSSR count). The number of halogens is 1. The van der Waals surface area contributed by atoms with Crippen molar-refractivity contribution in [2.75, 3.05) is 5.32 Å². The average Bonchev–Trinajstić information content (AvgIpc) is 3.26. The summed E-state index contributed by atoms with van der Waals surface area (Å²) < 4.78 is 18.7. The van der Waals surface area contributed by atoms with Crippen molar-refractivity contribution < 1.29 is 23.2 Å². The molecule has 0 saturated carbocycles. The molecule has 1 unspecified atom stereocenters. The SMILES string of the molecule is CCC1(c2ccc(NC(=O)c3ccc(-c4ccc(F)cc4)o3)cc2)CCC(=O)NC1=O. The minimum Gasteiger partial charge on any atom is -0.451 e. The number of piperidine rings is 1. The van der Waals surface area contributed by atoms with E-state index in [0.717, 1.165) is 5.56 Å². The van der Waals surface area contributed by atoms with Gasteiger partial charge < -0.3 is 9.73 Å². The van der Waals surface area contributed by atoms with Crippen molar-refractivity contribution in [2.24, 2.45) is 0 Å². The van der Waals surface area contributed by atoms with Crippen molar-refractivity contribution in [2.45, 2.75) is 31.6 Å². The van der Waals surface area contributed by atoms with Gasteiger partial charge in [0.15, 0.2) is 5.76 Å². The van der Waals surface area contributed by atoms with Gasteiger partial charge in [-0.3, -0.25) is 19.7 Å². The van der Waals surface area contributed by atoms with Crippen molar-refractivity contribution in [3.05, 3.63) is 77.8 Å². The van der Waals surface area contributed by atoms with Crippen LogP contribution < -0.4 is 10.6 Å². The second kappa shape index (κ2) is 8.18. The average molecular weight is 420 g/mol. The topological polar surface area (TPSA) is 88.4 Å². The summed E-state index contributed by atoms with van der Waals surface area (Å²) in [6, 6.07) is 16.0. The van der Waals surface area contributed by atoms with Crippen LogP contribution in [0.15, 0.2) is 65.1 Å². The molecule has 0 radical (unpaired) electrons. The number of amides is 3. The molecule has 158 valence electrons. The Bertz CT molecular complexity index is 1140. The first-order chi connectivity index (χ1) is 14.9. The van der Waals surface area contributed by atoms with Gasteiger partial charge in [0.2, 0.25) is 11.8 Å². The van der Waals surface area contributed by atoms with Gasteiger partial charge in [-0.05, 0) is 66.9 Å². The molecular weight excluding hydrogens is 399 g/mol. The fourth-order valence-corrected chi connectivity index (χ4v) is 3.86. The first kappa shape index (κ1) is 20.5. The van der Waals surface area contributed by atoms with Crippen molar-refractivity contribution >= 4 is 23.4 Å². The van der Waals surface area contributed by atoms with Crippen LogP contribution in [0.1, 0.15) is 42.3 Å².